The van der Waals surface area contributed by atoms with E-state index in [9.17, 15) is 4.79 Å². The molecule has 0 saturated carbocycles. The van der Waals surface area contributed by atoms with E-state index < -0.39 is 0 Å². The summed E-state index contributed by atoms with van der Waals surface area (Å²) in [5.41, 5.74) is 1.86. The summed E-state index contributed by atoms with van der Waals surface area (Å²) >= 11 is 0. The van der Waals surface area contributed by atoms with E-state index in [4.69, 9.17) is 4.74 Å². The van der Waals surface area contributed by atoms with Crippen LogP contribution < -0.4 is 10.1 Å². The van der Waals surface area contributed by atoms with Crippen LogP contribution in [0.2, 0.25) is 0 Å². The monoisotopic (exact) mass is 351 g/mol. The van der Waals surface area contributed by atoms with Gasteiger partial charge in [-0.1, -0.05) is 6.07 Å². The molecule has 4 rings (SSSR count). The minimum atomic E-state index is -0.252. The molecule has 0 atom stereocenters. The Hall–Kier alpha value is -2.93. The largest absolute Gasteiger partial charge is 0.478 e. The number of carbonyl (C=O) groups excluding carboxylic acids is 1. The predicted molar refractivity (Wildman–Crippen MR) is 99.5 cm³/mol. The number of fused-ring (bicyclic) bond motifs is 1. The summed E-state index contributed by atoms with van der Waals surface area (Å²) in [6, 6.07) is 9.07. The summed E-state index contributed by atoms with van der Waals surface area (Å²) in [6.07, 6.45) is 5.56. The number of hydrogen-bond donors (Lipinski definition) is 2. The first-order valence-electron chi connectivity index (χ1n) is 8.85. The number of likely N-dealkylation sites (tertiary alicyclic amines) is 1. The Morgan fingerprint density at radius 2 is 2.19 bits per heavy atom. The van der Waals surface area contributed by atoms with Gasteiger partial charge in [0.25, 0.3) is 5.91 Å². The Kier molecular flexibility index (Phi) is 4.79. The third-order valence-electron chi connectivity index (χ3n) is 4.47. The predicted octanol–water partition coefficient (Wildman–Crippen LogP) is 2.68. The average molecular weight is 351 g/mol. The second-order valence-corrected chi connectivity index (χ2v) is 6.31. The third kappa shape index (κ3) is 3.67. The van der Waals surface area contributed by atoms with Crippen molar-refractivity contribution < 1.29 is 9.53 Å². The maximum atomic E-state index is 12.5. The van der Waals surface area contributed by atoms with Crippen LogP contribution >= 0.6 is 0 Å². The molecule has 3 aromatic rings. The van der Waals surface area contributed by atoms with E-state index in [0.29, 0.717) is 29.4 Å². The van der Waals surface area contributed by atoms with Crippen molar-refractivity contribution in [3.8, 4) is 5.88 Å². The average Bonchev–Trinajstić information content (AvgIpc) is 3.04. The number of nitrogens with zero attached hydrogens (tertiary/aromatic N) is 3. The molecule has 1 aliphatic heterocycles. The number of aromatic nitrogens is 3. The molecule has 2 N–H and O–H groups in total. The van der Waals surface area contributed by atoms with Crippen molar-refractivity contribution >= 4 is 22.8 Å². The number of aromatic amines is 1. The number of carbonyl (C=O) groups is 1. The molecule has 7 nitrogen and oxygen atoms in total. The Balaban J connectivity index is 1.42. The molecule has 0 unspecified atom stereocenters. The van der Waals surface area contributed by atoms with Gasteiger partial charge in [0.15, 0.2) is 0 Å². The molecule has 0 bridgehead atoms. The van der Waals surface area contributed by atoms with Crippen LogP contribution in [0.4, 0.5) is 5.82 Å². The molecule has 1 fully saturated rings. The topological polar surface area (TPSA) is 83.1 Å². The Morgan fingerprint density at radius 1 is 1.27 bits per heavy atom. The number of ether oxygens (including phenoxy) is 1. The van der Waals surface area contributed by atoms with Crippen molar-refractivity contribution in [2.75, 3.05) is 31.6 Å². The molecule has 3 aromatic heterocycles. The second kappa shape index (κ2) is 7.53. The van der Waals surface area contributed by atoms with Crippen LogP contribution in [-0.4, -0.2) is 52.0 Å². The number of hydrogen-bond acceptors (Lipinski definition) is 5. The van der Waals surface area contributed by atoms with Crippen molar-refractivity contribution in [3.63, 3.8) is 0 Å². The van der Waals surface area contributed by atoms with Gasteiger partial charge in [-0.2, -0.15) is 0 Å². The molecule has 0 aliphatic carbocycles. The highest BCUT2D eigenvalue weighted by Crippen LogP contribution is 2.21. The standard InChI is InChI=1S/C19H21N5O2/c25-19(22-16-5-1-2-8-20-16)14-13-21-15-6-7-17(23-18(14)15)26-12-4-11-24-9-3-10-24/h1-2,5-8,13,21H,3-4,9-12H2,(H,20,22,25). The van der Waals surface area contributed by atoms with Gasteiger partial charge in [-0.05, 0) is 44.1 Å². The van der Waals surface area contributed by atoms with E-state index in [2.05, 4.69) is 25.2 Å². The second-order valence-electron chi connectivity index (χ2n) is 6.31. The molecule has 1 saturated heterocycles. The Labute approximate surface area is 151 Å². The van der Waals surface area contributed by atoms with Crippen LogP contribution in [0.3, 0.4) is 0 Å². The summed E-state index contributed by atoms with van der Waals surface area (Å²) in [5, 5.41) is 2.78. The van der Waals surface area contributed by atoms with Crippen molar-refractivity contribution in [2.45, 2.75) is 12.8 Å². The number of rotatable bonds is 7. The Bertz CT molecular complexity index is 889. The summed E-state index contributed by atoms with van der Waals surface area (Å²) in [5.74, 6) is 0.787. The van der Waals surface area contributed by atoms with Crippen LogP contribution in [-0.2, 0) is 0 Å². The lowest BCUT2D eigenvalue weighted by Crippen LogP contribution is -2.38. The quantitative estimate of drug-likeness (QED) is 0.640. The number of anilines is 1. The zero-order valence-corrected chi connectivity index (χ0v) is 14.4. The normalized spacial score (nSPS) is 14.2. The van der Waals surface area contributed by atoms with Gasteiger partial charge in [0.2, 0.25) is 5.88 Å². The highest BCUT2D eigenvalue weighted by Gasteiger charge is 2.15. The van der Waals surface area contributed by atoms with Crippen molar-refractivity contribution in [1.82, 2.24) is 19.9 Å². The molecule has 0 aromatic carbocycles. The van der Waals surface area contributed by atoms with Gasteiger partial charge in [0.05, 0.1) is 17.7 Å². The SMILES string of the molecule is O=C(Nc1ccccn1)c1c[nH]c2ccc(OCCCN3CCC3)nc12. The number of amides is 1. The molecule has 0 radical (unpaired) electrons. The molecular formula is C19H21N5O2. The lowest BCUT2D eigenvalue weighted by atomic mass is 10.2. The highest BCUT2D eigenvalue weighted by molar-refractivity contribution is 6.11. The fourth-order valence-corrected chi connectivity index (χ4v) is 2.93. The van der Waals surface area contributed by atoms with Gasteiger partial charge in [-0.3, -0.25) is 4.79 Å². The van der Waals surface area contributed by atoms with Crippen LogP contribution in [0.15, 0.2) is 42.7 Å². The zero-order valence-electron chi connectivity index (χ0n) is 14.4. The number of nitrogens with one attached hydrogen (secondary N) is 2. The molecule has 0 spiro atoms. The van der Waals surface area contributed by atoms with E-state index in [1.54, 1.807) is 24.5 Å². The van der Waals surface area contributed by atoms with Gasteiger partial charge in [0.1, 0.15) is 11.3 Å². The van der Waals surface area contributed by atoms with E-state index >= 15 is 0 Å². The fraction of sp³-hybridized carbons (Fsp3) is 0.316. The van der Waals surface area contributed by atoms with E-state index in [1.807, 2.05) is 18.2 Å². The van der Waals surface area contributed by atoms with Gasteiger partial charge < -0.3 is 19.9 Å². The minimum absolute atomic E-state index is 0.252. The molecular weight excluding hydrogens is 330 g/mol. The maximum Gasteiger partial charge on any atom is 0.260 e. The van der Waals surface area contributed by atoms with Crippen molar-refractivity contribution in [1.29, 1.82) is 0 Å². The van der Waals surface area contributed by atoms with Crippen LogP contribution in [0.5, 0.6) is 5.88 Å². The van der Waals surface area contributed by atoms with Crippen LogP contribution in [0.1, 0.15) is 23.2 Å². The van der Waals surface area contributed by atoms with E-state index in [1.165, 1.54) is 19.5 Å². The smallest absolute Gasteiger partial charge is 0.260 e. The maximum absolute atomic E-state index is 12.5. The molecule has 7 heteroatoms. The fourth-order valence-electron chi connectivity index (χ4n) is 2.93. The first-order valence-corrected chi connectivity index (χ1v) is 8.85. The summed E-state index contributed by atoms with van der Waals surface area (Å²) in [4.78, 5) is 26.6. The first-order chi connectivity index (χ1) is 12.8. The lowest BCUT2D eigenvalue weighted by molar-refractivity contribution is 0.102. The summed E-state index contributed by atoms with van der Waals surface area (Å²) < 4.78 is 5.76. The number of pyridine rings is 2. The van der Waals surface area contributed by atoms with Gasteiger partial charge in [-0.15, -0.1) is 0 Å². The van der Waals surface area contributed by atoms with Crippen LogP contribution in [0, 0.1) is 0 Å². The number of H-pyrrole nitrogens is 1. The van der Waals surface area contributed by atoms with Gasteiger partial charge in [-0.25, -0.2) is 9.97 Å². The molecule has 1 aliphatic rings. The summed E-state index contributed by atoms with van der Waals surface area (Å²) in [6.45, 7) is 4.07. The molecule has 1 amide bonds. The van der Waals surface area contributed by atoms with E-state index in [0.717, 1.165) is 18.5 Å². The van der Waals surface area contributed by atoms with E-state index in [-0.39, 0.29) is 5.91 Å². The van der Waals surface area contributed by atoms with Crippen molar-refractivity contribution in [2.24, 2.45) is 0 Å². The lowest BCUT2D eigenvalue weighted by Gasteiger charge is -2.30. The summed E-state index contributed by atoms with van der Waals surface area (Å²) in [7, 11) is 0. The Morgan fingerprint density at radius 3 is 2.96 bits per heavy atom. The molecule has 4 heterocycles. The highest BCUT2D eigenvalue weighted by atomic mass is 16.5. The van der Waals surface area contributed by atoms with Crippen molar-refractivity contribution in [3.05, 3.63) is 48.3 Å². The molecule has 134 valence electrons. The van der Waals surface area contributed by atoms with Gasteiger partial charge in [0, 0.05) is 25.0 Å². The van der Waals surface area contributed by atoms with Crippen LogP contribution in [0.25, 0.3) is 11.0 Å². The zero-order chi connectivity index (χ0) is 17.8. The molecule has 26 heavy (non-hydrogen) atoms. The van der Waals surface area contributed by atoms with Gasteiger partial charge >= 0.3 is 0 Å². The minimum Gasteiger partial charge on any atom is -0.478 e. The third-order valence-corrected chi connectivity index (χ3v) is 4.47. The first kappa shape index (κ1) is 16.5.